The number of nitrogens with zero attached hydrogens (tertiary/aromatic N) is 2. The fraction of sp³-hybridized carbons (Fsp3) is 0.200. The quantitative estimate of drug-likeness (QED) is 0.850. The molecule has 0 aliphatic rings. The second-order valence-electron chi connectivity index (χ2n) is 4.59. The van der Waals surface area contributed by atoms with Crippen LogP contribution in [0.5, 0.6) is 0 Å². The minimum Gasteiger partial charge on any atom is -0.478 e. The number of aliphatic carboxylic acids is 1. The number of thiazole rings is 1. The first-order chi connectivity index (χ1) is 9.97. The smallest absolute Gasteiger partial charge is 0.328 e. The molecule has 1 aromatic heterocycles. The Bertz CT molecular complexity index is 682. The number of rotatable bonds is 5. The number of carboxylic acid groups (broad SMARTS) is 1. The lowest BCUT2D eigenvalue weighted by molar-refractivity contribution is -0.131. The predicted octanol–water partition coefficient (Wildman–Crippen LogP) is 3.84. The Hall–Kier alpha value is -1.85. The van der Waals surface area contributed by atoms with E-state index in [1.165, 1.54) is 4.88 Å². The van der Waals surface area contributed by atoms with E-state index in [4.69, 9.17) is 16.7 Å². The van der Waals surface area contributed by atoms with Crippen molar-refractivity contribution in [1.29, 1.82) is 0 Å². The van der Waals surface area contributed by atoms with Gasteiger partial charge in [-0.1, -0.05) is 11.6 Å². The second kappa shape index (κ2) is 6.74. The number of anilines is 1. The van der Waals surface area contributed by atoms with Crippen LogP contribution in [0.15, 0.2) is 29.8 Å². The van der Waals surface area contributed by atoms with Crippen LogP contribution in [0.2, 0.25) is 5.02 Å². The molecule has 0 fully saturated rings. The third kappa shape index (κ3) is 4.06. The van der Waals surface area contributed by atoms with Gasteiger partial charge in [-0.05, 0) is 36.8 Å². The van der Waals surface area contributed by atoms with Crippen LogP contribution in [0.3, 0.4) is 0 Å². The monoisotopic (exact) mass is 322 g/mol. The largest absolute Gasteiger partial charge is 0.478 e. The average molecular weight is 323 g/mol. The SMILES string of the molecule is Cc1ncsc1CN(C)c1ccc(Cl)cc1/C=C/C(=O)O. The molecule has 1 aromatic carbocycles. The summed E-state index contributed by atoms with van der Waals surface area (Å²) in [6, 6.07) is 5.44. The van der Waals surface area contributed by atoms with Gasteiger partial charge in [0.15, 0.2) is 0 Å². The molecular formula is C15H15ClN2O2S. The summed E-state index contributed by atoms with van der Waals surface area (Å²) in [5.74, 6) is -0.984. The molecule has 0 radical (unpaired) electrons. The zero-order chi connectivity index (χ0) is 15.4. The van der Waals surface area contributed by atoms with E-state index in [2.05, 4.69) is 9.88 Å². The summed E-state index contributed by atoms with van der Waals surface area (Å²) in [4.78, 5) is 18.2. The highest BCUT2D eigenvalue weighted by atomic mass is 35.5. The van der Waals surface area contributed by atoms with E-state index in [0.29, 0.717) is 11.6 Å². The normalized spacial score (nSPS) is 11.0. The maximum absolute atomic E-state index is 10.7. The van der Waals surface area contributed by atoms with Crippen molar-refractivity contribution in [2.45, 2.75) is 13.5 Å². The maximum atomic E-state index is 10.7. The van der Waals surface area contributed by atoms with Crippen LogP contribution in [-0.4, -0.2) is 23.1 Å². The maximum Gasteiger partial charge on any atom is 0.328 e. The van der Waals surface area contributed by atoms with Crippen LogP contribution in [0.1, 0.15) is 16.1 Å². The molecule has 0 saturated heterocycles. The molecule has 0 amide bonds. The highest BCUT2D eigenvalue weighted by Gasteiger charge is 2.10. The number of carbonyl (C=O) groups is 1. The van der Waals surface area contributed by atoms with E-state index in [-0.39, 0.29) is 0 Å². The number of hydrogen-bond donors (Lipinski definition) is 1. The lowest BCUT2D eigenvalue weighted by Crippen LogP contribution is -2.17. The number of aromatic nitrogens is 1. The topological polar surface area (TPSA) is 53.4 Å². The lowest BCUT2D eigenvalue weighted by Gasteiger charge is -2.21. The molecule has 0 atom stereocenters. The van der Waals surface area contributed by atoms with Gasteiger partial charge in [0, 0.05) is 28.7 Å². The van der Waals surface area contributed by atoms with Crippen molar-refractivity contribution in [3.8, 4) is 0 Å². The second-order valence-corrected chi connectivity index (χ2v) is 5.97. The molecule has 2 rings (SSSR count). The fourth-order valence-corrected chi connectivity index (χ4v) is 2.96. The van der Waals surface area contributed by atoms with Gasteiger partial charge < -0.3 is 10.0 Å². The molecule has 0 spiro atoms. The van der Waals surface area contributed by atoms with Gasteiger partial charge in [0.1, 0.15) is 0 Å². The van der Waals surface area contributed by atoms with E-state index in [0.717, 1.165) is 23.0 Å². The molecule has 0 aliphatic heterocycles. The summed E-state index contributed by atoms with van der Waals surface area (Å²) in [5.41, 5.74) is 4.54. The minimum atomic E-state index is -0.984. The van der Waals surface area contributed by atoms with Gasteiger partial charge in [-0.25, -0.2) is 9.78 Å². The van der Waals surface area contributed by atoms with Gasteiger partial charge in [-0.3, -0.25) is 0 Å². The molecule has 0 bridgehead atoms. The van der Waals surface area contributed by atoms with Crippen molar-refractivity contribution < 1.29 is 9.90 Å². The van der Waals surface area contributed by atoms with Crippen molar-refractivity contribution in [2.75, 3.05) is 11.9 Å². The summed E-state index contributed by atoms with van der Waals surface area (Å²) < 4.78 is 0. The lowest BCUT2D eigenvalue weighted by atomic mass is 10.1. The van der Waals surface area contributed by atoms with Crippen LogP contribution >= 0.6 is 22.9 Å². The Morgan fingerprint density at radius 2 is 2.29 bits per heavy atom. The summed E-state index contributed by atoms with van der Waals surface area (Å²) >= 11 is 7.61. The zero-order valence-corrected chi connectivity index (χ0v) is 13.3. The van der Waals surface area contributed by atoms with Crippen LogP contribution in [0, 0.1) is 6.92 Å². The predicted molar refractivity (Wildman–Crippen MR) is 87.1 cm³/mol. The van der Waals surface area contributed by atoms with Crippen LogP contribution in [-0.2, 0) is 11.3 Å². The van der Waals surface area contributed by atoms with Gasteiger partial charge in [-0.2, -0.15) is 0 Å². The van der Waals surface area contributed by atoms with E-state index < -0.39 is 5.97 Å². The Kier molecular flexibility index (Phi) is 4.98. The highest BCUT2D eigenvalue weighted by Crippen LogP contribution is 2.27. The van der Waals surface area contributed by atoms with Gasteiger partial charge >= 0.3 is 5.97 Å². The van der Waals surface area contributed by atoms with Crippen molar-refractivity contribution in [2.24, 2.45) is 0 Å². The van der Waals surface area contributed by atoms with Crippen LogP contribution in [0.4, 0.5) is 5.69 Å². The third-order valence-corrected chi connectivity index (χ3v) is 4.19. The molecule has 6 heteroatoms. The molecule has 1 heterocycles. The zero-order valence-electron chi connectivity index (χ0n) is 11.7. The first-order valence-corrected chi connectivity index (χ1v) is 7.54. The Morgan fingerprint density at radius 3 is 2.90 bits per heavy atom. The number of benzene rings is 1. The van der Waals surface area contributed by atoms with Gasteiger partial charge in [0.05, 0.1) is 17.7 Å². The van der Waals surface area contributed by atoms with E-state index in [1.807, 2.05) is 25.5 Å². The summed E-state index contributed by atoms with van der Waals surface area (Å²) in [7, 11) is 1.96. The van der Waals surface area contributed by atoms with Crippen molar-refractivity contribution >= 4 is 40.7 Å². The third-order valence-electron chi connectivity index (χ3n) is 3.03. The summed E-state index contributed by atoms with van der Waals surface area (Å²) in [5, 5.41) is 9.35. The molecule has 0 unspecified atom stereocenters. The summed E-state index contributed by atoms with van der Waals surface area (Å²) in [6.07, 6.45) is 2.67. The van der Waals surface area contributed by atoms with E-state index in [9.17, 15) is 4.79 Å². The average Bonchev–Trinajstić information content (AvgIpc) is 2.82. The Morgan fingerprint density at radius 1 is 1.52 bits per heavy atom. The van der Waals surface area contributed by atoms with E-state index >= 15 is 0 Å². The van der Waals surface area contributed by atoms with Crippen molar-refractivity contribution in [3.05, 3.63) is 50.9 Å². The van der Waals surface area contributed by atoms with Gasteiger partial charge in [-0.15, -0.1) is 11.3 Å². The van der Waals surface area contributed by atoms with Crippen LogP contribution < -0.4 is 4.90 Å². The minimum absolute atomic E-state index is 0.575. The fourth-order valence-electron chi connectivity index (χ4n) is 1.95. The number of aryl methyl sites for hydroxylation is 1. The summed E-state index contributed by atoms with van der Waals surface area (Å²) in [6.45, 7) is 2.69. The molecule has 2 aromatic rings. The number of hydrogen-bond acceptors (Lipinski definition) is 4. The molecule has 1 N–H and O–H groups in total. The van der Waals surface area contributed by atoms with E-state index in [1.54, 1.807) is 29.5 Å². The van der Waals surface area contributed by atoms with Gasteiger partial charge in [0.2, 0.25) is 0 Å². The van der Waals surface area contributed by atoms with Crippen LogP contribution in [0.25, 0.3) is 6.08 Å². The van der Waals surface area contributed by atoms with Crippen molar-refractivity contribution in [1.82, 2.24) is 4.98 Å². The highest BCUT2D eigenvalue weighted by molar-refractivity contribution is 7.09. The standard InChI is InChI=1S/C15H15ClN2O2S/c1-10-14(21-9-17-10)8-18(2)13-5-4-12(16)7-11(13)3-6-15(19)20/h3-7,9H,8H2,1-2H3,(H,19,20)/b6-3+. The molecule has 110 valence electrons. The Labute approximate surface area is 132 Å². The molecule has 0 saturated carbocycles. The van der Waals surface area contributed by atoms with Gasteiger partial charge in [0.25, 0.3) is 0 Å². The molecule has 0 aliphatic carbocycles. The first kappa shape index (κ1) is 15.5. The Balaban J connectivity index is 2.29. The first-order valence-electron chi connectivity index (χ1n) is 6.28. The molecular weight excluding hydrogens is 308 g/mol. The number of halogens is 1. The molecule has 21 heavy (non-hydrogen) atoms. The molecule has 4 nitrogen and oxygen atoms in total. The number of carboxylic acids is 1. The van der Waals surface area contributed by atoms with Crippen molar-refractivity contribution in [3.63, 3.8) is 0 Å².